The third-order valence-corrected chi connectivity index (χ3v) is 3.05. The third kappa shape index (κ3) is 2.15. The number of rotatable bonds is 2. The van der Waals surface area contributed by atoms with E-state index in [-0.39, 0.29) is 0 Å². The molecular weight excluding hydrogens is 184 g/mol. The zero-order chi connectivity index (χ0) is 10.8. The van der Waals surface area contributed by atoms with E-state index in [0.717, 1.165) is 5.69 Å². The molecule has 0 aliphatic heterocycles. The molecule has 1 atom stereocenters. The second-order valence-corrected chi connectivity index (χ2v) is 4.69. The highest BCUT2D eigenvalue weighted by atomic mass is 14.9. The van der Waals surface area contributed by atoms with Gasteiger partial charge in [-0.15, -0.1) is 0 Å². The molecule has 0 bridgehead atoms. The fourth-order valence-corrected chi connectivity index (χ4v) is 2.49. The van der Waals surface area contributed by atoms with Crippen LogP contribution in [-0.2, 0) is 6.42 Å². The quantitative estimate of drug-likeness (QED) is 0.727. The van der Waals surface area contributed by atoms with E-state index in [2.05, 4.69) is 31.3 Å². The average Bonchev–Trinajstić information content (AvgIpc) is 2.17. The van der Waals surface area contributed by atoms with Gasteiger partial charge in [-0.25, -0.2) is 0 Å². The van der Waals surface area contributed by atoms with Gasteiger partial charge in [0, 0.05) is 17.8 Å². The topological polar surface area (TPSA) is 38.0 Å². The first-order chi connectivity index (χ1) is 7.18. The van der Waals surface area contributed by atoms with Gasteiger partial charge < -0.3 is 11.1 Å². The Hall–Kier alpha value is -1.02. The van der Waals surface area contributed by atoms with Gasteiger partial charge in [-0.1, -0.05) is 26.0 Å². The van der Waals surface area contributed by atoms with Crippen LogP contribution in [0.4, 0.5) is 5.69 Å². The molecule has 0 spiro atoms. The summed E-state index contributed by atoms with van der Waals surface area (Å²) in [5.74, 6) is 0. The van der Waals surface area contributed by atoms with Gasteiger partial charge in [0.05, 0.1) is 0 Å². The minimum atomic E-state index is 0.454. The summed E-state index contributed by atoms with van der Waals surface area (Å²) in [6.07, 6.45) is 3.65. The third-order valence-electron chi connectivity index (χ3n) is 3.05. The van der Waals surface area contributed by atoms with Gasteiger partial charge in [-0.05, 0) is 36.5 Å². The van der Waals surface area contributed by atoms with Crippen molar-refractivity contribution in [2.75, 3.05) is 5.73 Å². The molecule has 15 heavy (non-hydrogen) atoms. The van der Waals surface area contributed by atoms with E-state index >= 15 is 0 Å². The molecule has 0 heterocycles. The molecule has 2 heteroatoms. The van der Waals surface area contributed by atoms with E-state index in [1.165, 1.54) is 30.4 Å². The number of benzene rings is 1. The second-order valence-electron chi connectivity index (χ2n) is 4.69. The second kappa shape index (κ2) is 4.23. The number of fused-ring (bicyclic) bond motifs is 1. The van der Waals surface area contributed by atoms with Gasteiger partial charge in [0.2, 0.25) is 0 Å². The van der Waals surface area contributed by atoms with Crippen molar-refractivity contribution in [3.8, 4) is 0 Å². The van der Waals surface area contributed by atoms with E-state index in [1.807, 2.05) is 6.07 Å². The minimum Gasteiger partial charge on any atom is -0.398 e. The van der Waals surface area contributed by atoms with Gasteiger partial charge in [0.25, 0.3) is 0 Å². The van der Waals surface area contributed by atoms with Crippen molar-refractivity contribution < 1.29 is 0 Å². The monoisotopic (exact) mass is 204 g/mol. The summed E-state index contributed by atoms with van der Waals surface area (Å²) in [5, 5.41) is 3.60. The predicted octanol–water partition coefficient (Wildman–Crippen LogP) is 2.64. The molecule has 0 radical (unpaired) electrons. The van der Waals surface area contributed by atoms with Gasteiger partial charge in [0.1, 0.15) is 0 Å². The van der Waals surface area contributed by atoms with E-state index in [1.54, 1.807) is 0 Å². The fraction of sp³-hybridized carbons (Fsp3) is 0.538. The number of hydrogen-bond donors (Lipinski definition) is 2. The van der Waals surface area contributed by atoms with Crippen LogP contribution in [0.2, 0.25) is 0 Å². The number of hydrogen-bond acceptors (Lipinski definition) is 2. The summed E-state index contributed by atoms with van der Waals surface area (Å²) < 4.78 is 0. The van der Waals surface area contributed by atoms with Crippen LogP contribution in [-0.4, -0.2) is 6.04 Å². The van der Waals surface area contributed by atoms with E-state index in [0.29, 0.717) is 12.1 Å². The molecule has 0 amide bonds. The van der Waals surface area contributed by atoms with Crippen LogP contribution in [0.15, 0.2) is 18.2 Å². The van der Waals surface area contributed by atoms with Crippen molar-refractivity contribution in [1.82, 2.24) is 5.32 Å². The van der Waals surface area contributed by atoms with Gasteiger partial charge in [-0.2, -0.15) is 0 Å². The SMILES string of the molecule is CC(C)NC1CCCc2cccc(N)c21. The Kier molecular flexibility index (Phi) is 2.96. The molecule has 2 nitrogen and oxygen atoms in total. The first kappa shape index (κ1) is 10.5. The fourth-order valence-electron chi connectivity index (χ4n) is 2.49. The van der Waals surface area contributed by atoms with Gasteiger partial charge in [-0.3, -0.25) is 0 Å². The Morgan fingerprint density at radius 2 is 2.20 bits per heavy atom. The molecule has 1 aliphatic rings. The minimum absolute atomic E-state index is 0.454. The maximum atomic E-state index is 6.07. The Morgan fingerprint density at radius 1 is 1.40 bits per heavy atom. The highest BCUT2D eigenvalue weighted by Gasteiger charge is 2.22. The first-order valence-corrected chi connectivity index (χ1v) is 5.82. The van der Waals surface area contributed by atoms with Gasteiger partial charge in [0.15, 0.2) is 0 Å². The molecular formula is C13H20N2. The summed E-state index contributed by atoms with van der Waals surface area (Å²) in [7, 11) is 0. The molecule has 0 saturated carbocycles. The highest BCUT2D eigenvalue weighted by molar-refractivity contribution is 5.53. The van der Waals surface area contributed by atoms with Crippen LogP contribution in [0.25, 0.3) is 0 Å². The zero-order valence-corrected chi connectivity index (χ0v) is 9.59. The van der Waals surface area contributed by atoms with Crippen molar-refractivity contribution in [2.24, 2.45) is 0 Å². The van der Waals surface area contributed by atoms with Gasteiger partial charge >= 0.3 is 0 Å². The Bertz CT molecular complexity index is 344. The molecule has 1 unspecified atom stereocenters. The van der Waals surface area contributed by atoms with Crippen molar-refractivity contribution in [3.63, 3.8) is 0 Å². The van der Waals surface area contributed by atoms with Crippen LogP contribution in [0, 0.1) is 0 Å². The number of nitrogens with two attached hydrogens (primary N) is 1. The lowest BCUT2D eigenvalue weighted by atomic mass is 9.86. The van der Waals surface area contributed by atoms with Crippen LogP contribution in [0.3, 0.4) is 0 Å². The van der Waals surface area contributed by atoms with Crippen molar-refractivity contribution >= 4 is 5.69 Å². The Labute approximate surface area is 91.9 Å². The predicted molar refractivity (Wildman–Crippen MR) is 64.8 cm³/mol. The maximum absolute atomic E-state index is 6.07. The lowest BCUT2D eigenvalue weighted by molar-refractivity contribution is 0.424. The molecule has 1 aromatic rings. The average molecular weight is 204 g/mol. The lowest BCUT2D eigenvalue weighted by Gasteiger charge is -2.29. The zero-order valence-electron chi connectivity index (χ0n) is 9.59. The number of nitrogens with one attached hydrogen (secondary N) is 1. The molecule has 3 N–H and O–H groups in total. The smallest absolute Gasteiger partial charge is 0.0365 e. The molecule has 2 rings (SSSR count). The highest BCUT2D eigenvalue weighted by Crippen LogP contribution is 2.33. The number of anilines is 1. The van der Waals surface area contributed by atoms with E-state index in [4.69, 9.17) is 5.73 Å². The summed E-state index contributed by atoms with van der Waals surface area (Å²) >= 11 is 0. The maximum Gasteiger partial charge on any atom is 0.0365 e. The van der Waals surface area contributed by atoms with Crippen LogP contribution < -0.4 is 11.1 Å². The number of nitrogen functional groups attached to an aromatic ring is 1. The molecule has 1 aromatic carbocycles. The van der Waals surface area contributed by atoms with Crippen LogP contribution in [0.5, 0.6) is 0 Å². The van der Waals surface area contributed by atoms with E-state index in [9.17, 15) is 0 Å². The normalized spacial score (nSPS) is 20.3. The molecule has 0 saturated heterocycles. The summed E-state index contributed by atoms with van der Waals surface area (Å²) in [6.45, 7) is 4.38. The first-order valence-electron chi connectivity index (χ1n) is 5.82. The molecule has 0 fully saturated rings. The Balaban J connectivity index is 2.32. The van der Waals surface area contributed by atoms with Crippen LogP contribution in [0.1, 0.15) is 43.9 Å². The lowest BCUT2D eigenvalue weighted by Crippen LogP contribution is -2.31. The number of aryl methyl sites for hydroxylation is 1. The molecule has 1 aliphatic carbocycles. The van der Waals surface area contributed by atoms with Crippen molar-refractivity contribution in [3.05, 3.63) is 29.3 Å². The standard InChI is InChI=1S/C13H20N2/c1-9(2)15-12-8-4-6-10-5-3-7-11(14)13(10)12/h3,5,7,9,12,15H,4,6,8,14H2,1-2H3. The molecule has 82 valence electrons. The molecule has 0 aromatic heterocycles. The van der Waals surface area contributed by atoms with E-state index < -0.39 is 0 Å². The largest absolute Gasteiger partial charge is 0.398 e. The van der Waals surface area contributed by atoms with Crippen molar-refractivity contribution in [1.29, 1.82) is 0 Å². The van der Waals surface area contributed by atoms with Crippen molar-refractivity contribution in [2.45, 2.75) is 45.2 Å². The summed E-state index contributed by atoms with van der Waals surface area (Å²) in [5.41, 5.74) is 9.79. The summed E-state index contributed by atoms with van der Waals surface area (Å²) in [4.78, 5) is 0. The summed E-state index contributed by atoms with van der Waals surface area (Å²) in [6, 6.07) is 7.25. The van der Waals surface area contributed by atoms with Crippen LogP contribution >= 0.6 is 0 Å². The Morgan fingerprint density at radius 3 is 2.93 bits per heavy atom.